The molecule has 4 rings (SSSR count). The van der Waals surface area contributed by atoms with E-state index in [1.165, 1.54) is 22.2 Å². The number of rotatable bonds is 7. The number of ether oxygens (including phenoxy) is 1. The molecule has 2 saturated heterocycles. The summed E-state index contributed by atoms with van der Waals surface area (Å²) < 4.78 is 4.93. The molecule has 8 heteroatoms. The molecule has 0 aliphatic carbocycles. The summed E-state index contributed by atoms with van der Waals surface area (Å²) in [6.45, 7) is 3.38. The van der Waals surface area contributed by atoms with Gasteiger partial charge < -0.3 is 20.1 Å². The topological polar surface area (TPSA) is 95.9 Å². The van der Waals surface area contributed by atoms with E-state index in [1.54, 1.807) is 13.8 Å². The highest BCUT2D eigenvalue weighted by Gasteiger charge is 2.64. The van der Waals surface area contributed by atoms with Crippen LogP contribution in [0.4, 0.5) is 0 Å². The second-order valence-electron chi connectivity index (χ2n) is 8.24. The molecule has 0 radical (unpaired) electrons. The number of β-lactam (4-membered cyclic amide) rings is 1. The maximum Gasteiger partial charge on any atom is 0.327 e. The summed E-state index contributed by atoms with van der Waals surface area (Å²) in [7, 11) is 0. The van der Waals surface area contributed by atoms with E-state index in [0.29, 0.717) is 5.75 Å². The molecule has 7 nitrogen and oxygen atoms in total. The Kier molecular flexibility index (Phi) is 5.66. The van der Waals surface area contributed by atoms with E-state index in [4.69, 9.17) is 4.74 Å². The Hall–Kier alpha value is -3.00. The third-order valence-electron chi connectivity index (χ3n) is 5.54. The highest BCUT2D eigenvalue weighted by atomic mass is 32.2. The minimum absolute atomic E-state index is 0.217. The van der Waals surface area contributed by atoms with Gasteiger partial charge in [0.15, 0.2) is 6.61 Å². The van der Waals surface area contributed by atoms with Crippen LogP contribution in [-0.2, 0) is 20.8 Å². The third kappa shape index (κ3) is 4.25. The highest BCUT2D eigenvalue weighted by Crippen LogP contribution is 2.50. The number of amides is 2. The van der Waals surface area contributed by atoms with Gasteiger partial charge in [0, 0.05) is 4.75 Å². The molecule has 0 bridgehead atoms. The van der Waals surface area contributed by atoms with E-state index in [2.05, 4.69) is 17.4 Å². The van der Waals surface area contributed by atoms with Crippen molar-refractivity contribution in [1.82, 2.24) is 10.2 Å². The fourth-order valence-electron chi connectivity index (χ4n) is 4.04. The van der Waals surface area contributed by atoms with Crippen LogP contribution in [-0.4, -0.2) is 56.6 Å². The van der Waals surface area contributed by atoms with Gasteiger partial charge >= 0.3 is 5.97 Å². The Bertz CT molecular complexity index is 993. The van der Waals surface area contributed by atoms with Gasteiger partial charge in [0.1, 0.15) is 23.2 Å². The normalized spacial score (nSPS) is 23.6. The zero-order chi connectivity index (χ0) is 22.2. The molecular weight excluding hydrogens is 416 g/mol. The number of fused-ring (bicyclic) bond motifs is 1. The molecule has 2 aliphatic heterocycles. The lowest BCUT2D eigenvalue weighted by Crippen LogP contribution is -2.70. The Morgan fingerprint density at radius 2 is 1.74 bits per heavy atom. The van der Waals surface area contributed by atoms with E-state index < -0.39 is 28.7 Å². The van der Waals surface area contributed by atoms with E-state index in [1.807, 2.05) is 42.5 Å². The number of hydrogen-bond acceptors (Lipinski definition) is 5. The van der Waals surface area contributed by atoms with Gasteiger partial charge in [-0.05, 0) is 43.5 Å². The third-order valence-corrected chi connectivity index (χ3v) is 7.11. The van der Waals surface area contributed by atoms with Crippen LogP contribution in [0.5, 0.6) is 5.75 Å². The minimum atomic E-state index is -1.03. The van der Waals surface area contributed by atoms with Crippen LogP contribution in [0, 0.1) is 0 Å². The second-order valence-corrected chi connectivity index (χ2v) is 10.0. The lowest BCUT2D eigenvalue weighted by atomic mass is 9.96. The van der Waals surface area contributed by atoms with Crippen molar-refractivity contribution in [3.05, 3.63) is 65.7 Å². The minimum Gasteiger partial charge on any atom is -0.484 e. The van der Waals surface area contributed by atoms with Crippen molar-refractivity contribution in [3.8, 4) is 5.75 Å². The summed E-state index contributed by atoms with van der Waals surface area (Å²) in [6, 6.07) is 16.1. The summed E-state index contributed by atoms with van der Waals surface area (Å²) in [5.74, 6) is -1.24. The van der Waals surface area contributed by atoms with Gasteiger partial charge in [0.05, 0.1) is 0 Å². The molecule has 162 valence electrons. The van der Waals surface area contributed by atoms with Crippen molar-refractivity contribution in [2.24, 2.45) is 0 Å². The predicted molar refractivity (Wildman–Crippen MR) is 117 cm³/mol. The molecule has 2 fully saturated rings. The number of hydrogen-bond donors (Lipinski definition) is 2. The Morgan fingerprint density at radius 3 is 2.39 bits per heavy atom. The lowest BCUT2D eigenvalue weighted by Gasteiger charge is -2.43. The number of nitrogens with zero attached hydrogens (tertiary/aromatic N) is 1. The van der Waals surface area contributed by atoms with Crippen molar-refractivity contribution in [2.45, 2.75) is 42.5 Å². The molecular formula is C23H24N2O5S. The van der Waals surface area contributed by atoms with E-state index >= 15 is 0 Å². The lowest BCUT2D eigenvalue weighted by molar-refractivity contribution is -0.161. The van der Waals surface area contributed by atoms with Crippen LogP contribution in [0.2, 0.25) is 0 Å². The van der Waals surface area contributed by atoms with E-state index in [-0.39, 0.29) is 17.9 Å². The van der Waals surface area contributed by atoms with Crippen LogP contribution in [0.1, 0.15) is 25.0 Å². The average Bonchev–Trinajstić information content (AvgIpc) is 3.00. The standard InChI is InChI=1S/C23H24N2O5S/c1-23(2)19(22(28)29)25-20(27)18(21(25)31-23)24-17(26)13-30-16-10-8-15(9-11-16)12-14-6-4-3-5-7-14/h3-11,18-19,21H,12-13H2,1-2H3,(H,24,26)(H,28,29)/t18-,19+,21-/m1/s1. The number of carbonyl (C=O) groups excluding carboxylic acids is 2. The van der Waals surface area contributed by atoms with Gasteiger partial charge in [-0.25, -0.2) is 4.79 Å². The monoisotopic (exact) mass is 440 g/mol. The van der Waals surface area contributed by atoms with Crippen molar-refractivity contribution in [2.75, 3.05) is 6.61 Å². The number of nitrogens with one attached hydrogen (secondary N) is 1. The predicted octanol–water partition coefficient (Wildman–Crippen LogP) is 2.29. The first-order valence-corrected chi connectivity index (χ1v) is 10.9. The number of aliphatic carboxylic acids is 1. The zero-order valence-electron chi connectivity index (χ0n) is 17.3. The Balaban J connectivity index is 1.28. The summed E-state index contributed by atoms with van der Waals surface area (Å²) >= 11 is 1.39. The molecule has 2 aliphatic rings. The summed E-state index contributed by atoms with van der Waals surface area (Å²) in [5, 5.41) is 11.8. The van der Waals surface area contributed by atoms with Crippen LogP contribution in [0.15, 0.2) is 54.6 Å². The van der Waals surface area contributed by atoms with Crippen LogP contribution < -0.4 is 10.1 Å². The van der Waals surface area contributed by atoms with Gasteiger partial charge in [0.2, 0.25) is 5.91 Å². The molecule has 0 saturated carbocycles. The van der Waals surface area contributed by atoms with Gasteiger partial charge in [-0.3, -0.25) is 9.59 Å². The average molecular weight is 441 g/mol. The second kappa shape index (κ2) is 8.26. The molecule has 2 aromatic carbocycles. The number of thioether (sulfide) groups is 1. The molecule has 0 unspecified atom stereocenters. The Morgan fingerprint density at radius 1 is 1.10 bits per heavy atom. The largest absolute Gasteiger partial charge is 0.484 e. The SMILES string of the molecule is CC1(C)S[C@@H]2[C@H](NC(=O)COc3ccc(Cc4ccccc4)cc3)C(=O)N2[C@H]1C(=O)O. The molecule has 2 N–H and O–H groups in total. The maximum atomic E-state index is 12.4. The first-order chi connectivity index (χ1) is 14.8. The van der Waals surface area contributed by atoms with E-state index in [0.717, 1.165) is 12.0 Å². The number of carbonyl (C=O) groups is 3. The molecule has 2 amide bonds. The number of carboxylic acids is 1. The molecule has 2 aromatic rings. The maximum absolute atomic E-state index is 12.4. The van der Waals surface area contributed by atoms with Crippen LogP contribution in [0.3, 0.4) is 0 Å². The number of benzene rings is 2. The van der Waals surface area contributed by atoms with Gasteiger partial charge in [0.25, 0.3) is 5.91 Å². The highest BCUT2D eigenvalue weighted by molar-refractivity contribution is 8.01. The molecule has 2 heterocycles. The molecule has 31 heavy (non-hydrogen) atoms. The van der Waals surface area contributed by atoms with Gasteiger partial charge in [-0.2, -0.15) is 0 Å². The Labute approximate surface area is 184 Å². The summed E-state index contributed by atoms with van der Waals surface area (Å²) in [6.07, 6.45) is 0.814. The molecule has 0 spiro atoms. The fraction of sp³-hybridized carbons (Fsp3) is 0.348. The van der Waals surface area contributed by atoms with Crippen molar-refractivity contribution in [1.29, 1.82) is 0 Å². The van der Waals surface area contributed by atoms with Gasteiger partial charge in [-0.15, -0.1) is 11.8 Å². The van der Waals surface area contributed by atoms with Crippen LogP contribution >= 0.6 is 11.8 Å². The first kappa shape index (κ1) is 21.2. The van der Waals surface area contributed by atoms with Gasteiger partial charge in [-0.1, -0.05) is 42.5 Å². The summed E-state index contributed by atoms with van der Waals surface area (Å²) in [5.41, 5.74) is 2.35. The van der Waals surface area contributed by atoms with Crippen LogP contribution in [0.25, 0.3) is 0 Å². The first-order valence-electron chi connectivity index (χ1n) is 10.0. The van der Waals surface area contributed by atoms with Crippen molar-refractivity contribution >= 4 is 29.5 Å². The number of carboxylic acid groups (broad SMARTS) is 1. The fourth-order valence-corrected chi connectivity index (χ4v) is 5.67. The van der Waals surface area contributed by atoms with E-state index in [9.17, 15) is 19.5 Å². The molecule has 0 aromatic heterocycles. The zero-order valence-corrected chi connectivity index (χ0v) is 18.1. The summed E-state index contributed by atoms with van der Waals surface area (Å²) in [4.78, 5) is 37.6. The van der Waals surface area contributed by atoms with Crippen molar-refractivity contribution < 1.29 is 24.2 Å². The smallest absolute Gasteiger partial charge is 0.327 e. The van der Waals surface area contributed by atoms with Crippen molar-refractivity contribution in [3.63, 3.8) is 0 Å². The quantitative estimate of drug-likeness (QED) is 0.642. The molecule has 3 atom stereocenters.